The molecule has 1 amide bonds. The number of nitrogens with zero attached hydrogens (tertiary/aromatic N) is 1. The lowest BCUT2D eigenvalue weighted by atomic mass is 10.1. The molecule has 1 N–H and O–H groups in total. The second-order valence-corrected chi connectivity index (χ2v) is 6.33. The molecule has 0 bridgehead atoms. The van der Waals surface area contributed by atoms with E-state index >= 15 is 0 Å². The number of carbonyl (C=O) groups is 2. The Morgan fingerprint density at radius 2 is 1.90 bits per heavy atom. The molecule has 1 aromatic rings. The Labute approximate surface area is 124 Å². The number of hydrogen-bond donors (Lipinski definition) is 1. The summed E-state index contributed by atoms with van der Waals surface area (Å²) in [6.45, 7) is 5.35. The maximum absolute atomic E-state index is 12.5. The van der Waals surface area contributed by atoms with E-state index in [0.29, 0.717) is 5.69 Å². The van der Waals surface area contributed by atoms with Gasteiger partial charge < -0.3 is 14.6 Å². The predicted octanol–water partition coefficient (Wildman–Crippen LogP) is 3.11. The molecule has 5 heteroatoms. The third kappa shape index (κ3) is 3.97. The van der Waals surface area contributed by atoms with Crippen molar-refractivity contribution >= 4 is 18.1 Å². The van der Waals surface area contributed by atoms with Gasteiger partial charge in [0.15, 0.2) is 0 Å². The minimum atomic E-state index is -0.636. The van der Waals surface area contributed by atoms with Crippen LogP contribution < -0.4 is 4.90 Å². The fourth-order valence-corrected chi connectivity index (χ4v) is 2.14. The van der Waals surface area contributed by atoms with Crippen LogP contribution in [0.4, 0.5) is 10.5 Å². The van der Waals surface area contributed by atoms with Gasteiger partial charge in [-0.1, -0.05) is 0 Å². The quantitative estimate of drug-likeness (QED) is 0.866. The molecule has 1 unspecified atom stereocenters. The number of hydrogen-bond acceptors (Lipinski definition) is 4. The number of carbonyl (C=O) groups excluding carboxylic acids is 2. The second kappa shape index (κ2) is 5.76. The third-order valence-electron chi connectivity index (χ3n) is 3.26. The van der Waals surface area contributed by atoms with Crippen molar-refractivity contribution in [2.45, 2.75) is 45.3 Å². The molecular formula is C16H21NO4. The molecule has 0 aliphatic heterocycles. The van der Waals surface area contributed by atoms with Gasteiger partial charge in [0, 0.05) is 5.69 Å². The molecule has 1 aliphatic rings. The van der Waals surface area contributed by atoms with E-state index in [1.807, 2.05) is 0 Å². The highest BCUT2D eigenvalue weighted by atomic mass is 16.6. The van der Waals surface area contributed by atoms with Gasteiger partial charge in [-0.05, 0) is 63.8 Å². The van der Waals surface area contributed by atoms with Crippen LogP contribution in [0.5, 0.6) is 5.75 Å². The SMILES string of the molecule is CC(C)(C)OC(=O)N(c1ccc(O)cc1)C(C=O)C1CC1. The van der Waals surface area contributed by atoms with Gasteiger partial charge in [-0.3, -0.25) is 4.90 Å². The first-order valence-corrected chi connectivity index (χ1v) is 7.08. The maximum Gasteiger partial charge on any atom is 0.415 e. The van der Waals surface area contributed by atoms with Crippen LogP contribution in [0.25, 0.3) is 0 Å². The summed E-state index contributed by atoms with van der Waals surface area (Å²) in [5.41, 5.74) is -0.0884. The summed E-state index contributed by atoms with van der Waals surface area (Å²) in [6.07, 6.45) is 2.12. The Kier molecular flexibility index (Phi) is 4.21. The molecule has 1 fully saturated rings. The van der Waals surface area contributed by atoms with E-state index in [-0.39, 0.29) is 11.7 Å². The first-order chi connectivity index (χ1) is 9.81. The molecule has 114 valence electrons. The van der Waals surface area contributed by atoms with Crippen molar-refractivity contribution in [2.24, 2.45) is 5.92 Å². The average Bonchev–Trinajstić information content (AvgIpc) is 3.19. The van der Waals surface area contributed by atoms with Crippen LogP contribution in [-0.4, -0.2) is 29.1 Å². The smallest absolute Gasteiger partial charge is 0.415 e. The van der Waals surface area contributed by atoms with E-state index in [2.05, 4.69) is 0 Å². The monoisotopic (exact) mass is 291 g/mol. The number of anilines is 1. The second-order valence-electron chi connectivity index (χ2n) is 6.33. The predicted molar refractivity (Wildman–Crippen MR) is 79.4 cm³/mol. The normalized spacial score (nSPS) is 16.1. The fourth-order valence-electron chi connectivity index (χ4n) is 2.14. The molecule has 1 aromatic carbocycles. The number of aromatic hydroxyl groups is 1. The summed E-state index contributed by atoms with van der Waals surface area (Å²) in [5, 5.41) is 9.38. The zero-order valence-electron chi connectivity index (χ0n) is 12.6. The first-order valence-electron chi connectivity index (χ1n) is 7.08. The zero-order chi connectivity index (χ0) is 15.6. The summed E-state index contributed by atoms with van der Waals surface area (Å²) in [4.78, 5) is 25.3. The highest BCUT2D eigenvalue weighted by Crippen LogP contribution is 2.37. The third-order valence-corrected chi connectivity index (χ3v) is 3.26. The van der Waals surface area contributed by atoms with E-state index in [4.69, 9.17) is 4.74 Å². The van der Waals surface area contributed by atoms with Gasteiger partial charge in [0.25, 0.3) is 0 Å². The molecule has 0 heterocycles. The molecule has 0 aromatic heterocycles. The minimum Gasteiger partial charge on any atom is -0.508 e. The number of phenolic OH excluding ortho intramolecular Hbond substituents is 1. The molecule has 0 spiro atoms. The molecule has 1 saturated carbocycles. The Hall–Kier alpha value is -2.04. The van der Waals surface area contributed by atoms with E-state index in [9.17, 15) is 14.7 Å². The largest absolute Gasteiger partial charge is 0.508 e. The van der Waals surface area contributed by atoms with Crippen molar-refractivity contribution in [3.63, 3.8) is 0 Å². The van der Waals surface area contributed by atoms with Gasteiger partial charge in [0.1, 0.15) is 17.6 Å². The lowest BCUT2D eigenvalue weighted by Gasteiger charge is -2.31. The van der Waals surface area contributed by atoms with Crippen molar-refractivity contribution < 1.29 is 19.4 Å². The topological polar surface area (TPSA) is 66.8 Å². The van der Waals surface area contributed by atoms with E-state index in [1.165, 1.54) is 17.0 Å². The summed E-state index contributed by atoms with van der Waals surface area (Å²) in [6, 6.07) is 5.67. The van der Waals surface area contributed by atoms with Gasteiger partial charge in [-0.15, -0.1) is 0 Å². The highest BCUT2D eigenvalue weighted by molar-refractivity contribution is 5.93. The molecule has 1 atom stereocenters. The molecular weight excluding hydrogens is 270 g/mol. The van der Waals surface area contributed by atoms with Crippen LogP contribution in [0, 0.1) is 5.92 Å². The summed E-state index contributed by atoms with van der Waals surface area (Å²) in [7, 11) is 0. The van der Waals surface area contributed by atoms with Crippen molar-refractivity contribution in [2.75, 3.05) is 4.90 Å². The van der Waals surface area contributed by atoms with Crippen molar-refractivity contribution in [1.29, 1.82) is 0 Å². The van der Waals surface area contributed by atoms with Crippen molar-refractivity contribution in [3.8, 4) is 5.75 Å². The zero-order valence-corrected chi connectivity index (χ0v) is 12.6. The van der Waals surface area contributed by atoms with Gasteiger partial charge in [-0.2, -0.15) is 0 Å². The number of benzene rings is 1. The van der Waals surface area contributed by atoms with E-state index in [1.54, 1.807) is 32.9 Å². The molecule has 21 heavy (non-hydrogen) atoms. The number of ether oxygens (including phenoxy) is 1. The van der Waals surface area contributed by atoms with Gasteiger partial charge in [-0.25, -0.2) is 4.79 Å². The Morgan fingerprint density at radius 3 is 2.33 bits per heavy atom. The van der Waals surface area contributed by atoms with Gasteiger partial charge in [0.2, 0.25) is 0 Å². The highest BCUT2D eigenvalue weighted by Gasteiger charge is 2.39. The van der Waals surface area contributed by atoms with Crippen molar-refractivity contribution in [1.82, 2.24) is 0 Å². The average molecular weight is 291 g/mol. The minimum absolute atomic E-state index is 0.108. The Bertz CT molecular complexity index is 514. The van der Waals surface area contributed by atoms with E-state index in [0.717, 1.165) is 19.1 Å². The fraction of sp³-hybridized carbons (Fsp3) is 0.500. The summed E-state index contributed by atoms with van der Waals surface area (Å²) >= 11 is 0. The van der Waals surface area contributed by atoms with Gasteiger partial charge in [0.05, 0.1) is 6.04 Å². The van der Waals surface area contributed by atoms with Crippen LogP contribution in [0.15, 0.2) is 24.3 Å². The number of phenols is 1. The standard InChI is InChI=1S/C16H21NO4/c1-16(2,3)21-15(20)17(14(10-18)11-4-5-11)12-6-8-13(19)9-7-12/h6-11,14,19H,4-5H2,1-3H3. The lowest BCUT2D eigenvalue weighted by Crippen LogP contribution is -2.45. The van der Waals surface area contributed by atoms with Crippen molar-refractivity contribution in [3.05, 3.63) is 24.3 Å². The molecule has 1 aliphatic carbocycles. The van der Waals surface area contributed by atoms with Gasteiger partial charge >= 0.3 is 6.09 Å². The molecule has 0 radical (unpaired) electrons. The summed E-state index contributed by atoms with van der Waals surface area (Å²) in [5.74, 6) is 0.292. The van der Waals surface area contributed by atoms with Crippen LogP contribution in [0.1, 0.15) is 33.6 Å². The molecule has 0 saturated heterocycles. The summed E-state index contributed by atoms with van der Waals surface area (Å²) < 4.78 is 5.41. The Balaban J connectivity index is 2.31. The van der Waals surface area contributed by atoms with Crippen LogP contribution >= 0.6 is 0 Å². The number of rotatable bonds is 4. The molecule has 5 nitrogen and oxygen atoms in total. The maximum atomic E-state index is 12.5. The Morgan fingerprint density at radius 1 is 1.33 bits per heavy atom. The molecule has 2 rings (SSSR count). The first kappa shape index (κ1) is 15.4. The van der Waals surface area contributed by atoms with Crippen LogP contribution in [0.3, 0.4) is 0 Å². The number of amides is 1. The lowest BCUT2D eigenvalue weighted by molar-refractivity contribution is -0.109. The van der Waals surface area contributed by atoms with E-state index < -0.39 is 17.7 Å². The van der Waals surface area contributed by atoms with Crippen LogP contribution in [0.2, 0.25) is 0 Å². The van der Waals surface area contributed by atoms with Crippen LogP contribution in [-0.2, 0) is 9.53 Å². The number of aldehydes is 1.